The summed E-state index contributed by atoms with van der Waals surface area (Å²) < 4.78 is 28.3. The van der Waals surface area contributed by atoms with Crippen LogP contribution in [0.15, 0.2) is 24.3 Å². The molecule has 11 heteroatoms. The molecule has 2 aromatic heterocycles. The number of hydrogen-bond donors (Lipinski definition) is 1. The number of anilines is 1. The standard InChI is InChI=1S/C19H19ClF2N6OS/c1-10-15(20)30-18(23-10)24-17(29)14(13-7-8-19(21,22)9-13)11-3-5-12(6-4-11)16-25-27-28(2)26-16/h3-6,13-14H,7-9H2,1-2H3,(H,23,24,29)/t13-,14-/m1/s1. The quantitative estimate of drug-likeness (QED) is 0.618. The molecule has 1 aliphatic carbocycles. The number of halogens is 3. The van der Waals surface area contributed by atoms with Crippen molar-refractivity contribution in [1.82, 2.24) is 25.2 Å². The Morgan fingerprint density at radius 3 is 2.63 bits per heavy atom. The summed E-state index contributed by atoms with van der Waals surface area (Å²) in [4.78, 5) is 18.7. The maximum absolute atomic E-state index is 13.9. The van der Waals surface area contributed by atoms with Gasteiger partial charge in [0.2, 0.25) is 17.7 Å². The molecule has 1 N–H and O–H groups in total. The molecule has 0 radical (unpaired) electrons. The molecule has 2 heterocycles. The van der Waals surface area contributed by atoms with E-state index in [1.54, 1.807) is 38.2 Å². The van der Waals surface area contributed by atoms with Gasteiger partial charge in [0.05, 0.1) is 18.7 Å². The Labute approximate surface area is 180 Å². The summed E-state index contributed by atoms with van der Waals surface area (Å²) in [6.45, 7) is 1.74. The Bertz CT molecular complexity index is 1050. The van der Waals surface area contributed by atoms with Crippen LogP contribution in [0.4, 0.5) is 13.9 Å². The first-order chi connectivity index (χ1) is 14.2. The van der Waals surface area contributed by atoms with Gasteiger partial charge in [-0.2, -0.15) is 4.80 Å². The van der Waals surface area contributed by atoms with E-state index in [0.29, 0.717) is 26.5 Å². The van der Waals surface area contributed by atoms with Gasteiger partial charge in [-0.15, -0.1) is 10.2 Å². The van der Waals surface area contributed by atoms with Crippen molar-refractivity contribution in [3.63, 3.8) is 0 Å². The lowest BCUT2D eigenvalue weighted by atomic mass is 9.83. The molecule has 0 spiro atoms. The van der Waals surface area contributed by atoms with Gasteiger partial charge in [-0.1, -0.05) is 47.2 Å². The highest BCUT2D eigenvalue weighted by molar-refractivity contribution is 7.19. The fourth-order valence-corrected chi connectivity index (χ4v) is 4.72. The van der Waals surface area contributed by atoms with Crippen LogP contribution < -0.4 is 5.32 Å². The average Bonchev–Trinajstić information content (AvgIpc) is 3.35. The third kappa shape index (κ3) is 4.34. The number of alkyl halides is 2. The molecule has 4 rings (SSSR count). The van der Waals surface area contributed by atoms with Crippen molar-refractivity contribution < 1.29 is 13.6 Å². The van der Waals surface area contributed by atoms with E-state index in [4.69, 9.17) is 11.6 Å². The average molecular weight is 453 g/mol. The van der Waals surface area contributed by atoms with Crippen LogP contribution in [0.1, 0.15) is 36.4 Å². The van der Waals surface area contributed by atoms with Crippen molar-refractivity contribution in [2.75, 3.05) is 5.32 Å². The predicted molar refractivity (Wildman–Crippen MR) is 110 cm³/mol. The summed E-state index contributed by atoms with van der Waals surface area (Å²) >= 11 is 7.19. The third-order valence-corrected chi connectivity index (χ3v) is 6.57. The highest BCUT2D eigenvalue weighted by Gasteiger charge is 2.45. The van der Waals surface area contributed by atoms with E-state index in [0.717, 1.165) is 16.9 Å². The molecule has 158 valence electrons. The van der Waals surface area contributed by atoms with Gasteiger partial charge in [0.25, 0.3) is 0 Å². The second-order valence-corrected chi connectivity index (χ2v) is 9.03. The first kappa shape index (κ1) is 20.8. The molecular formula is C19H19ClF2N6OS. The van der Waals surface area contributed by atoms with Gasteiger partial charge in [-0.25, -0.2) is 13.8 Å². The SMILES string of the molecule is Cc1nc(NC(=O)[C@H](c2ccc(-c3nnn(C)n3)cc2)[C@@H]2CCC(F)(F)C2)sc1Cl. The van der Waals surface area contributed by atoms with Gasteiger partial charge in [0.1, 0.15) is 4.34 Å². The Kier molecular flexibility index (Phi) is 5.54. The number of aryl methyl sites for hydroxylation is 2. The number of benzene rings is 1. The van der Waals surface area contributed by atoms with Crippen LogP contribution >= 0.6 is 22.9 Å². The van der Waals surface area contributed by atoms with Gasteiger partial charge in [-0.05, 0) is 30.0 Å². The summed E-state index contributed by atoms with van der Waals surface area (Å²) in [6, 6.07) is 7.05. The number of nitrogens with zero attached hydrogens (tertiary/aromatic N) is 5. The summed E-state index contributed by atoms with van der Waals surface area (Å²) in [7, 11) is 1.66. The second kappa shape index (κ2) is 7.99. The lowest BCUT2D eigenvalue weighted by Gasteiger charge is -2.23. The summed E-state index contributed by atoms with van der Waals surface area (Å²) in [5.74, 6) is -3.88. The van der Waals surface area contributed by atoms with Gasteiger partial charge < -0.3 is 5.32 Å². The van der Waals surface area contributed by atoms with E-state index in [1.165, 1.54) is 4.80 Å². The molecule has 7 nitrogen and oxygen atoms in total. The molecule has 2 atom stereocenters. The van der Waals surface area contributed by atoms with Crippen LogP contribution in [0.3, 0.4) is 0 Å². The molecule has 1 fully saturated rings. The zero-order valence-electron chi connectivity index (χ0n) is 16.3. The molecule has 0 bridgehead atoms. The maximum atomic E-state index is 13.9. The first-order valence-electron chi connectivity index (χ1n) is 9.38. The fraction of sp³-hybridized carbons (Fsp3) is 0.421. The molecule has 1 saturated carbocycles. The zero-order chi connectivity index (χ0) is 21.5. The lowest BCUT2D eigenvalue weighted by molar-refractivity contribution is -0.118. The van der Waals surface area contributed by atoms with E-state index >= 15 is 0 Å². The van der Waals surface area contributed by atoms with Crippen molar-refractivity contribution in [1.29, 1.82) is 0 Å². The fourth-order valence-electron chi connectivity index (χ4n) is 3.76. The van der Waals surface area contributed by atoms with Crippen molar-refractivity contribution in [2.24, 2.45) is 13.0 Å². The van der Waals surface area contributed by atoms with Gasteiger partial charge >= 0.3 is 0 Å². The van der Waals surface area contributed by atoms with Gasteiger partial charge in [-0.3, -0.25) is 4.79 Å². The molecule has 3 aromatic rings. The molecule has 1 aliphatic rings. The molecule has 0 saturated heterocycles. The number of thiazole rings is 1. The number of aromatic nitrogens is 5. The Morgan fingerprint density at radius 1 is 1.37 bits per heavy atom. The highest BCUT2D eigenvalue weighted by Crippen LogP contribution is 2.46. The van der Waals surface area contributed by atoms with Crippen LogP contribution in [0.25, 0.3) is 11.4 Å². The third-order valence-electron chi connectivity index (χ3n) is 5.20. The van der Waals surface area contributed by atoms with E-state index in [-0.39, 0.29) is 25.2 Å². The van der Waals surface area contributed by atoms with E-state index < -0.39 is 17.8 Å². The highest BCUT2D eigenvalue weighted by atomic mass is 35.5. The maximum Gasteiger partial charge on any atom is 0.248 e. The normalized spacial score (nSPS) is 19.0. The van der Waals surface area contributed by atoms with Crippen molar-refractivity contribution in [3.8, 4) is 11.4 Å². The van der Waals surface area contributed by atoms with Gasteiger partial charge in [0, 0.05) is 18.4 Å². The monoisotopic (exact) mass is 452 g/mol. The number of carbonyl (C=O) groups excluding carboxylic acids is 1. The topological polar surface area (TPSA) is 85.6 Å². The van der Waals surface area contributed by atoms with Crippen LogP contribution in [0.2, 0.25) is 4.34 Å². The van der Waals surface area contributed by atoms with Crippen LogP contribution in [0, 0.1) is 12.8 Å². The van der Waals surface area contributed by atoms with Crippen molar-refractivity contribution in [3.05, 3.63) is 39.9 Å². The summed E-state index contributed by atoms with van der Waals surface area (Å²) in [6.07, 6.45) is -0.266. The minimum atomic E-state index is -2.76. The minimum absolute atomic E-state index is 0.217. The Hall–Kier alpha value is -2.46. The van der Waals surface area contributed by atoms with Crippen LogP contribution in [0.5, 0.6) is 0 Å². The van der Waals surface area contributed by atoms with Crippen LogP contribution in [-0.2, 0) is 11.8 Å². The van der Waals surface area contributed by atoms with Crippen LogP contribution in [-0.4, -0.2) is 37.0 Å². The molecule has 1 amide bonds. The van der Waals surface area contributed by atoms with E-state index in [2.05, 4.69) is 25.7 Å². The smallest absolute Gasteiger partial charge is 0.248 e. The van der Waals surface area contributed by atoms with E-state index in [9.17, 15) is 13.6 Å². The van der Waals surface area contributed by atoms with Crippen molar-refractivity contribution in [2.45, 2.75) is 38.0 Å². The molecular weight excluding hydrogens is 434 g/mol. The number of amides is 1. The number of hydrogen-bond acceptors (Lipinski definition) is 6. The minimum Gasteiger partial charge on any atom is -0.301 e. The molecule has 0 unspecified atom stereocenters. The molecule has 0 aliphatic heterocycles. The zero-order valence-corrected chi connectivity index (χ0v) is 17.8. The number of rotatable bonds is 5. The van der Waals surface area contributed by atoms with Crippen molar-refractivity contribution >= 4 is 34.0 Å². The number of tetrazole rings is 1. The summed E-state index contributed by atoms with van der Waals surface area (Å²) in [5, 5.41) is 15.0. The second-order valence-electron chi connectivity index (χ2n) is 7.43. The summed E-state index contributed by atoms with van der Waals surface area (Å²) in [5.41, 5.74) is 1.99. The number of carbonyl (C=O) groups is 1. The predicted octanol–water partition coefficient (Wildman–Crippen LogP) is 4.45. The number of nitrogens with one attached hydrogen (secondary N) is 1. The first-order valence-corrected chi connectivity index (χ1v) is 10.6. The van der Waals surface area contributed by atoms with E-state index in [1.807, 2.05) is 0 Å². The van der Waals surface area contributed by atoms with Gasteiger partial charge in [0.15, 0.2) is 5.13 Å². The Balaban J connectivity index is 1.62. The molecule has 30 heavy (non-hydrogen) atoms. The largest absolute Gasteiger partial charge is 0.301 e. The Morgan fingerprint density at radius 2 is 2.10 bits per heavy atom. The molecule has 1 aromatic carbocycles. The lowest BCUT2D eigenvalue weighted by Crippen LogP contribution is -2.27.